The molecule has 0 saturated carbocycles. The number of hydrogen-bond donors (Lipinski definition) is 1. The molecule has 1 heterocycles. The lowest BCUT2D eigenvalue weighted by Gasteiger charge is -2.11. The first kappa shape index (κ1) is 13.8. The molecule has 0 unspecified atom stereocenters. The van der Waals surface area contributed by atoms with Crippen LogP contribution < -0.4 is 10.1 Å². The Balaban J connectivity index is 2.22. The monoisotopic (exact) mass is 267 g/mol. The molecule has 2 rings (SSSR count). The third kappa shape index (κ3) is 3.45. The van der Waals surface area contributed by atoms with Gasteiger partial charge in [0.2, 0.25) is 5.95 Å². The van der Waals surface area contributed by atoms with E-state index >= 15 is 0 Å². The molecule has 0 aliphatic heterocycles. The highest BCUT2D eigenvalue weighted by atomic mass is 16.5. The molecule has 0 amide bonds. The Kier molecular flexibility index (Phi) is 4.50. The molecule has 0 atom stereocenters. The van der Waals surface area contributed by atoms with Gasteiger partial charge in [0.25, 0.3) is 0 Å². The number of nitrogens with zero attached hydrogens (tertiary/aromatic N) is 2. The van der Waals surface area contributed by atoms with E-state index in [2.05, 4.69) is 28.4 Å². The van der Waals surface area contributed by atoms with Crippen molar-refractivity contribution in [1.29, 1.82) is 0 Å². The summed E-state index contributed by atoms with van der Waals surface area (Å²) in [5.74, 6) is 1.31. The van der Waals surface area contributed by atoms with E-state index in [1.165, 1.54) is 0 Å². The second kappa shape index (κ2) is 6.52. The van der Waals surface area contributed by atoms with Gasteiger partial charge in [-0.2, -0.15) is 0 Å². The van der Waals surface area contributed by atoms with Crippen LogP contribution in [-0.4, -0.2) is 16.6 Å². The van der Waals surface area contributed by atoms with Crippen molar-refractivity contribution in [2.75, 3.05) is 11.9 Å². The Hall–Kier alpha value is -2.62. The Morgan fingerprint density at radius 1 is 1.30 bits per heavy atom. The number of rotatable bonds is 6. The molecule has 2 aromatic rings. The van der Waals surface area contributed by atoms with E-state index in [1.807, 2.05) is 25.1 Å². The SMILES string of the molecule is C=CCOc1ccc(C)c(Nc2nccc(C=C)n2)c1. The lowest BCUT2D eigenvalue weighted by molar-refractivity contribution is 0.363. The number of aromatic nitrogens is 2. The molecule has 0 bridgehead atoms. The van der Waals surface area contributed by atoms with Crippen LogP contribution in [0.25, 0.3) is 6.08 Å². The Labute approximate surface area is 118 Å². The van der Waals surface area contributed by atoms with E-state index in [1.54, 1.807) is 24.4 Å². The summed E-state index contributed by atoms with van der Waals surface area (Å²) < 4.78 is 5.52. The Bertz CT molecular complexity index is 623. The maximum atomic E-state index is 5.52. The second-order valence-electron chi connectivity index (χ2n) is 4.21. The van der Waals surface area contributed by atoms with Crippen molar-refractivity contribution in [3.05, 3.63) is 61.0 Å². The molecule has 1 N–H and O–H groups in total. The number of benzene rings is 1. The molecule has 4 nitrogen and oxygen atoms in total. The molecule has 0 aliphatic rings. The number of aryl methyl sites for hydroxylation is 1. The lowest BCUT2D eigenvalue weighted by atomic mass is 10.2. The van der Waals surface area contributed by atoms with Gasteiger partial charge in [-0.05, 0) is 30.7 Å². The quantitative estimate of drug-likeness (QED) is 0.810. The van der Waals surface area contributed by atoms with Crippen LogP contribution in [0.4, 0.5) is 11.6 Å². The fraction of sp³-hybridized carbons (Fsp3) is 0.125. The van der Waals surface area contributed by atoms with Crippen LogP contribution in [0, 0.1) is 6.92 Å². The second-order valence-corrected chi connectivity index (χ2v) is 4.21. The number of anilines is 2. The van der Waals surface area contributed by atoms with E-state index in [0.29, 0.717) is 12.6 Å². The van der Waals surface area contributed by atoms with Gasteiger partial charge in [0.15, 0.2) is 0 Å². The molecule has 1 aromatic heterocycles. The molecule has 20 heavy (non-hydrogen) atoms. The van der Waals surface area contributed by atoms with Crippen molar-refractivity contribution in [2.24, 2.45) is 0 Å². The summed E-state index contributed by atoms with van der Waals surface area (Å²) in [7, 11) is 0. The fourth-order valence-corrected chi connectivity index (χ4v) is 1.65. The minimum atomic E-state index is 0.477. The molecule has 0 saturated heterocycles. The molecular weight excluding hydrogens is 250 g/mol. The van der Waals surface area contributed by atoms with E-state index in [0.717, 1.165) is 22.7 Å². The smallest absolute Gasteiger partial charge is 0.227 e. The van der Waals surface area contributed by atoms with E-state index in [9.17, 15) is 0 Å². The van der Waals surface area contributed by atoms with Crippen molar-refractivity contribution in [3.63, 3.8) is 0 Å². The summed E-state index contributed by atoms with van der Waals surface area (Å²) in [5, 5.41) is 3.19. The summed E-state index contributed by atoms with van der Waals surface area (Å²) >= 11 is 0. The van der Waals surface area contributed by atoms with Crippen molar-refractivity contribution >= 4 is 17.7 Å². The Morgan fingerprint density at radius 3 is 2.90 bits per heavy atom. The molecule has 102 valence electrons. The van der Waals surface area contributed by atoms with Gasteiger partial charge in [-0.3, -0.25) is 0 Å². The highest BCUT2D eigenvalue weighted by Crippen LogP contribution is 2.24. The minimum Gasteiger partial charge on any atom is -0.489 e. The third-order valence-electron chi connectivity index (χ3n) is 2.71. The van der Waals surface area contributed by atoms with Crippen LogP contribution in [0.15, 0.2) is 49.7 Å². The average molecular weight is 267 g/mol. The van der Waals surface area contributed by atoms with E-state index in [4.69, 9.17) is 4.74 Å². The highest BCUT2D eigenvalue weighted by Gasteiger charge is 2.04. The predicted molar refractivity (Wildman–Crippen MR) is 82.3 cm³/mol. The standard InChI is InChI=1S/C16H17N3O/c1-4-10-20-14-7-6-12(3)15(11-14)19-16-17-9-8-13(5-2)18-16/h4-9,11H,1-2,10H2,3H3,(H,17,18,19). The average Bonchev–Trinajstić information content (AvgIpc) is 2.48. The van der Waals surface area contributed by atoms with E-state index < -0.39 is 0 Å². The topological polar surface area (TPSA) is 47.0 Å². The van der Waals surface area contributed by atoms with Gasteiger partial charge in [-0.15, -0.1) is 0 Å². The van der Waals surface area contributed by atoms with Gasteiger partial charge in [0.1, 0.15) is 12.4 Å². The van der Waals surface area contributed by atoms with Gasteiger partial charge in [-0.25, -0.2) is 9.97 Å². The molecule has 0 spiro atoms. The molecule has 4 heteroatoms. The van der Waals surface area contributed by atoms with Gasteiger partial charge >= 0.3 is 0 Å². The van der Waals surface area contributed by atoms with Crippen molar-refractivity contribution in [3.8, 4) is 5.75 Å². The number of hydrogen-bond acceptors (Lipinski definition) is 4. The van der Waals surface area contributed by atoms with Gasteiger partial charge in [0, 0.05) is 18.0 Å². The van der Waals surface area contributed by atoms with Crippen molar-refractivity contribution in [1.82, 2.24) is 9.97 Å². The van der Waals surface area contributed by atoms with Crippen molar-refractivity contribution in [2.45, 2.75) is 6.92 Å². The highest BCUT2D eigenvalue weighted by molar-refractivity contribution is 5.61. The first-order valence-corrected chi connectivity index (χ1v) is 6.30. The number of nitrogens with one attached hydrogen (secondary N) is 1. The van der Waals surface area contributed by atoms with Crippen LogP contribution >= 0.6 is 0 Å². The fourth-order valence-electron chi connectivity index (χ4n) is 1.65. The van der Waals surface area contributed by atoms with Crippen molar-refractivity contribution < 1.29 is 4.74 Å². The largest absolute Gasteiger partial charge is 0.489 e. The summed E-state index contributed by atoms with van der Waals surface area (Å²) in [6, 6.07) is 7.63. The lowest BCUT2D eigenvalue weighted by Crippen LogP contribution is -2.00. The zero-order chi connectivity index (χ0) is 14.4. The molecule has 0 fully saturated rings. The van der Waals surface area contributed by atoms with Gasteiger partial charge in [-0.1, -0.05) is 25.3 Å². The van der Waals surface area contributed by atoms with Crippen LogP contribution in [-0.2, 0) is 0 Å². The first-order valence-electron chi connectivity index (χ1n) is 6.30. The normalized spacial score (nSPS) is 9.85. The Morgan fingerprint density at radius 2 is 2.15 bits per heavy atom. The molecule has 1 aromatic carbocycles. The molecule has 0 aliphatic carbocycles. The summed E-state index contributed by atoms with van der Waals surface area (Å²) in [6.07, 6.45) is 5.09. The third-order valence-corrected chi connectivity index (χ3v) is 2.71. The summed E-state index contributed by atoms with van der Waals surface area (Å²) in [6.45, 7) is 9.82. The van der Waals surface area contributed by atoms with Gasteiger partial charge < -0.3 is 10.1 Å². The van der Waals surface area contributed by atoms with Gasteiger partial charge in [0.05, 0.1) is 5.69 Å². The maximum Gasteiger partial charge on any atom is 0.227 e. The van der Waals surface area contributed by atoms with Crippen LogP contribution in [0.1, 0.15) is 11.3 Å². The summed E-state index contributed by atoms with van der Waals surface area (Å²) in [4.78, 5) is 8.51. The maximum absolute atomic E-state index is 5.52. The van der Waals surface area contributed by atoms with Crippen LogP contribution in [0.2, 0.25) is 0 Å². The van der Waals surface area contributed by atoms with Crippen LogP contribution in [0.3, 0.4) is 0 Å². The zero-order valence-electron chi connectivity index (χ0n) is 11.5. The molecular formula is C16H17N3O. The summed E-state index contributed by atoms with van der Waals surface area (Å²) in [5.41, 5.74) is 2.77. The number of ether oxygens (including phenoxy) is 1. The zero-order valence-corrected chi connectivity index (χ0v) is 11.5. The molecule has 0 radical (unpaired) electrons. The first-order chi connectivity index (χ1) is 9.72. The predicted octanol–water partition coefficient (Wildman–Crippen LogP) is 3.74. The van der Waals surface area contributed by atoms with Crippen LogP contribution in [0.5, 0.6) is 5.75 Å². The van der Waals surface area contributed by atoms with E-state index in [-0.39, 0.29) is 0 Å². The minimum absolute atomic E-state index is 0.477.